The van der Waals surface area contributed by atoms with Crippen LogP contribution < -0.4 is 0 Å². The lowest BCUT2D eigenvalue weighted by Gasteiger charge is -1.92. The van der Waals surface area contributed by atoms with Gasteiger partial charge in [0.15, 0.2) is 4.34 Å². The number of hydrogen-bond donors (Lipinski definition) is 0. The number of aromatic nitrogens is 1. The number of thiazole rings is 1. The molecule has 6 heteroatoms. The molecule has 0 amide bonds. The number of allylic oxidation sites excluding steroid dienone is 1. The summed E-state index contributed by atoms with van der Waals surface area (Å²) in [6.45, 7) is 0. The van der Waals surface area contributed by atoms with Crippen molar-refractivity contribution in [2.24, 2.45) is 0 Å². The molecule has 1 unspecified atom stereocenters. The first-order valence-electron chi connectivity index (χ1n) is 3.49. The summed E-state index contributed by atoms with van der Waals surface area (Å²) in [6, 6.07) is 0. The second-order valence-corrected chi connectivity index (χ2v) is 4.77. The Hall–Kier alpha value is -0.620. The van der Waals surface area contributed by atoms with Crippen molar-refractivity contribution in [3.63, 3.8) is 0 Å². The van der Waals surface area contributed by atoms with E-state index in [1.807, 2.05) is 0 Å². The summed E-state index contributed by atoms with van der Waals surface area (Å²) in [5.41, 5.74) is 0. The van der Waals surface area contributed by atoms with Gasteiger partial charge in [-0.25, -0.2) is 4.98 Å². The van der Waals surface area contributed by atoms with Gasteiger partial charge < -0.3 is 0 Å². The lowest BCUT2D eigenvalue weighted by atomic mass is 10.5. The zero-order chi connectivity index (χ0) is 9.68. The highest BCUT2D eigenvalue weighted by molar-refractivity contribution is 7.87. The first-order valence-corrected chi connectivity index (χ1v) is 5.69. The fraction of sp³-hybridized carbons (Fsp3) is 0.286. The van der Waals surface area contributed by atoms with Crippen LogP contribution in [0, 0.1) is 0 Å². The number of hydrogen-bond acceptors (Lipinski definition) is 3. The smallest absolute Gasteiger partial charge is 0.252 e. The van der Waals surface area contributed by atoms with Gasteiger partial charge in [0, 0.05) is 17.3 Å². The van der Waals surface area contributed by atoms with E-state index in [1.165, 1.54) is 11.3 Å². The van der Waals surface area contributed by atoms with Crippen LogP contribution >= 0.6 is 11.3 Å². The maximum absolute atomic E-state index is 11.6. The molecule has 1 aromatic rings. The van der Waals surface area contributed by atoms with Crippen molar-refractivity contribution < 1.29 is 13.0 Å². The highest BCUT2D eigenvalue weighted by Crippen LogP contribution is 2.11. The van der Waals surface area contributed by atoms with Crippen LogP contribution in [0.25, 0.3) is 0 Å². The predicted molar refractivity (Wildman–Crippen MR) is 48.3 cm³/mol. The molecule has 0 fully saturated rings. The normalized spacial score (nSPS) is 12.5. The summed E-state index contributed by atoms with van der Waals surface area (Å²) in [6.07, 6.45) is 0.708. The Morgan fingerprint density at radius 2 is 2.46 bits per heavy atom. The standard InChI is InChI=1S/C7H7F2NOS2/c8-6(9)2-1-5-13(11)7-10-3-4-12-7/h2-4H,1,5H2. The minimum atomic E-state index is -1.73. The van der Waals surface area contributed by atoms with E-state index in [1.54, 1.807) is 11.6 Å². The topological polar surface area (TPSA) is 30.0 Å². The third-order valence-electron chi connectivity index (χ3n) is 1.21. The number of rotatable bonds is 4. The van der Waals surface area contributed by atoms with Crippen molar-refractivity contribution in [3.05, 3.63) is 23.7 Å². The van der Waals surface area contributed by atoms with Gasteiger partial charge in [-0.2, -0.15) is 8.78 Å². The van der Waals surface area contributed by atoms with Crippen LogP contribution in [0.2, 0.25) is 0 Å². The van der Waals surface area contributed by atoms with Gasteiger partial charge in [0.05, 0.1) is 10.8 Å². The Balaban J connectivity index is 2.39. The van der Waals surface area contributed by atoms with Crippen LogP contribution in [0.15, 0.2) is 28.1 Å². The predicted octanol–water partition coefficient (Wildman–Crippen LogP) is 2.42. The molecule has 0 N–H and O–H groups in total. The highest BCUT2D eigenvalue weighted by atomic mass is 32.2. The number of nitrogens with zero attached hydrogens (tertiary/aromatic N) is 1. The van der Waals surface area contributed by atoms with Gasteiger partial charge >= 0.3 is 0 Å². The first kappa shape index (κ1) is 10.5. The van der Waals surface area contributed by atoms with Gasteiger partial charge in [-0.3, -0.25) is 4.21 Å². The molecule has 72 valence electrons. The molecule has 1 heterocycles. The maximum Gasteiger partial charge on any atom is 0.266 e. The third-order valence-corrected chi connectivity index (χ3v) is 3.72. The van der Waals surface area contributed by atoms with E-state index in [4.69, 9.17) is 0 Å². The zero-order valence-electron chi connectivity index (χ0n) is 6.57. The van der Waals surface area contributed by atoms with E-state index in [0.717, 1.165) is 6.08 Å². The SMILES string of the molecule is O=S(CCC=C(F)F)c1nccs1. The van der Waals surface area contributed by atoms with Crippen LogP contribution in [0.4, 0.5) is 8.78 Å². The quantitative estimate of drug-likeness (QED) is 0.784. The molecule has 0 spiro atoms. The summed E-state index contributed by atoms with van der Waals surface area (Å²) >= 11 is 1.27. The first-order chi connectivity index (χ1) is 6.20. The van der Waals surface area contributed by atoms with Gasteiger partial charge in [-0.15, -0.1) is 11.3 Å². The molecule has 0 aliphatic heterocycles. The highest BCUT2D eigenvalue weighted by Gasteiger charge is 2.04. The molecule has 1 aromatic heterocycles. The van der Waals surface area contributed by atoms with E-state index in [-0.39, 0.29) is 12.2 Å². The second-order valence-electron chi connectivity index (χ2n) is 2.13. The van der Waals surface area contributed by atoms with Gasteiger partial charge in [0.2, 0.25) is 0 Å². The van der Waals surface area contributed by atoms with Gasteiger partial charge in [0.1, 0.15) is 0 Å². The minimum Gasteiger partial charge on any atom is -0.252 e. The summed E-state index contributed by atoms with van der Waals surface area (Å²) in [7, 11) is -1.24. The molecule has 0 aliphatic rings. The average Bonchev–Trinajstić information content (AvgIpc) is 2.55. The molecular formula is C7H7F2NOS2. The van der Waals surface area contributed by atoms with Crippen molar-refractivity contribution in [2.75, 3.05) is 5.75 Å². The van der Waals surface area contributed by atoms with Crippen LogP contribution in [-0.4, -0.2) is 14.9 Å². The van der Waals surface area contributed by atoms with Crippen molar-refractivity contribution in [1.29, 1.82) is 0 Å². The van der Waals surface area contributed by atoms with E-state index in [0.29, 0.717) is 4.34 Å². The fourth-order valence-electron chi connectivity index (χ4n) is 0.685. The lowest BCUT2D eigenvalue weighted by Crippen LogP contribution is -1.95. The molecule has 0 bridgehead atoms. The fourth-order valence-corrected chi connectivity index (χ4v) is 2.58. The Kier molecular flexibility index (Phi) is 4.17. The second kappa shape index (κ2) is 5.18. The van der Waals surface area contributed by atoms with Gasteiger partial charge in [-0.1, -0.05) is 0 Å². The Morgan fingerprint density at radius 1 is 1.69 bits per heavy atom. The van der Waals surface area contributed by atoms with E-state index < -0.39 is 16.9 Å². The monoisotopic (exact) mass is 223 g/mol. The third kappa shape index (κ3) is 3.73. The Morgan fingerprint density at radius 3 is 3.00 bits per heavy atom. The minimum absolute atomic E-state index is 0.120. The largest absolute Gasteiger partial charge is 0.266 e. The van der Waals surface area contributed by atoms with E-state index in [9.17, 15) is 13.0 Å². The van der Waals surface area contributed by atoms with Crippen molar-refractivity contribution >= 4 is 22.1 Å². The average molecular weight is 223 g/mol. The molecule has 2 nitrogen and oxygen atoms in total. The summed E-state index contributed by atoms with van der Waals surface area (Å²) < 4.78 is 34.9. The van der Waals surface area contributed by atoms with Crippen molar-refractivity contribution in [3.8, 4) is 0 Å². The maximum atomic E-state index is 11.6. The van der Waals surface area contributed by atoms with Crippen LogP contribution in [0.5, 0.6) is 0 Å². The zero-order valence-corrected chi connectivity index (χ0v) is 8.21. The van der Waals surface area contributed by atoms with Crippen molar-refractivity contribution in [1.82, 2.24) is 4.98 Å². The lowest BCUT2D eigenvalue weighted by molar-refractivity contribution is 0.418. The molecule has 0 aromatic carbocycles. The van der Waals surface area contributed by atoms with Gasteiger partial charge in [-0.05, 0) is 12.5 Å². The Labute approximate surface area is 80.8 Å². The van der Waals surface area contributed by atoms with Gasteiger partial charge in [0.25, 0.3) is 6.08 Å². The number of halogens is 2. The molecule has 1 atom stereocenters. The van der Waals surface area contributed by atoms with Crippen molar-refractivity contribution in [2.45, 2.75) is 10.8 Å². The van der Waals surface area contributed by atoms with Crippen LogP contribution in [-0.2, 0) is 10.8 Å². The van der Waals surface area contributed by atoms with E-state index in [2.05, 4.69) is 4.98 Å². The van der Waals surface area contributed by atoms with Crippen LogP contribution in [0.1, 0.15) is 6.42 Å². The molecule has 0 aliphatic carbocycles. The summed E-state index contributed by atoms with van der Waals surface area (Å²) in [5, 5.41) is 1.71. The van der Waals surface area contributed by atoms with Crippen LogP contribution in [0.3, 0.4) is 0 Å². The molecule has 0 saturated heterocycles. The van der Waals surface area contributed by atoms with E-state index >= 15 is 0 Å². The molecule has 0 saturated carbocycles. The molecule has 1 rings (SSSR count). The Bertz CT molecular complexity index is 306. The summed E-state index contributed by atoms with van der Waals surface area (Å²) in [5.74, 6) is 0.199. The molecule has 0 radical (unpaired) electrons. The molecule has 13 heavy (non-hydrogen) atoms. The molecular weight excluding hydrogens is 216 g/mol. The summed E-state index contributed by atoms with van der Waals surface area (Å²) in [4.78, 5) is 3.82.